The van der Waals surface area contributed by atoms with Gasteiger partial charge in [-0.3, -0.25) is 14.5 Å². The maximum Gasteiger partial charge on any atom is 0.247 e. The summed E-state index contributed by atoms with van der Waals surface area (Å²) in [5.74, 6) is 0.499. The summed E-state index contributed by atoms with van der Waals surface area (Å²) in [6.45, 7) is 8.37. The average Bonchev–Trinajstić information content (AvgIpc) is 2.89. The molecule has 1 aromatic carbocycles. The molecule has 2 aromatic rings. The molecule has 6 nitrogen and oxygen atoms in total. The van der Waals surface area contributed by atoms with E-state index in [9.17, 15) is 9.59 Å². The van der Waals surface area contributed by atoms with Crippen molar-refractivity contribution in [3.8, 4) is 0 Å². The Hall–Kier alpha value is -2.63. The van der Waals surface area contributed by atoms with Crippen LogP contribution >= 0.6 is 0 Å². The number of nitrogens with zero attached hydrogens (tertiary/aromatic N) is 3. The molecule has 25 heavy (non-hydrogen) atoms. The van der Waals surface area contributed by atoms with Crippen molar-refractivity contribution >= 4 is 23.3 Å². The van der Waals surface area contributed by atoms with Gasteiger partial charge in [-0.15, -0.1) is 0 Å². The second-order valence-corrected chi connectivity index (χ2v) is 6.67. The van der Waals surface area contributed by atoms with E-state index < -0.39 is 6.04 Å². The molecule has 0 spiro atoms. The molecule has 0 saturated heterocycles. The number of aryl methyl sites for hydroxylation is 4. The molecule has 1 aliphatic rings. The Bertz CT molecular complexity index is 805. The third-order valence-electron chi connectivity index (χ3n) is 4.42. The minimum Gasteiger partial charge on any atom is -0.324 e. The van der Waals surface area contributed by atoms with E-state index >= 15 is 0 Å². The number of amides is 2. The van der Waals surface area contributed by atoms with Gasteiger partial charge >= 0.3 is 0 Å². The van der Waals surface area contributed by atoms with Crippen LogP contribution in [0.1, 0.15) is 36.6 Å². The third kappa shape index (κ3) is 3.43. The molecule has 0 aliphatic carbocycles. The highest BCUT2D eigenvalue weighted by molar-refractivity contribution is 6.05. The summed E-state index contributed by atoms with van der Waals surface area (Å²) in [7, 11) is 0. The zero-order valence-corrected chi connectivity index (χ0v) is 15.2. The fourth-order valence-electron chi connectivity index (χ4n) is 3.43. The number of aromatic nitrogens is 2. The monoisotopic (exact) mass is 340 g/mol. The van der Waals surface area contributed by atoms with Crippen molar-refractivity contribution in [1.29, 1.82) is 0 Å². The number of nitrogens with one attached hydrogen (secondary N) is 1. The number of hydrogen-bond donors (Lipinski definition) is 1. The van der Waals surface area contributed by atoms with Gasteiger partial charge in [-0.05, 0) is 50.5 Å². The summed E-state index contributed by atoms with van der Waals surface area (Å²) in [5.41, 5.74) is 3.78. The van der Waals surface area contributed by atoms with E-state index in [0.29, 0.717) is 25.2 Å². The van der Waals surface area contributed by atoms with Crippen LogP contribution in [-0.2, 0) is 16.1 Å². The van der Waals surface area contributed by atoms with Gasteiger partial charge in [0.15, 0.2) is 0 Å². The lowest BCUT2D eigenvalue weighted by Crippen LogP contribution is -2.50. The molecule has 6 heteroatoms. The topological polar surface area (TPSA) is 67.2 Å². The number of carbonyl (C=O) groups excluding carboxylic acids is 2. The quantitative estimate of drug-likeness (QED) is 0.930. The summed E-state index contributed by atoms with van der Waals surface area (Å²) in [4.78, 5) is 27.0. The first-order chi connectivity index (χ1) is 11.9. The molecule has 0 fully saturated rings. The Labute approximate surface area is 147 Å². The van der Waals surface area contributed by atoms with E-state index in [0.717, 1.165) is 22.5 Å². The Morgan fingerprint density at radius 1 is 1.20 bits per heavy atom. The van der Waals surface area contributed by atoms with Crippen molar-refractivity contribution < 1.29 is 9.59 Å². The maximum absolute atomic E-state index is 12.9. The number of carbonyl (C=O) groups is 2. The zero-order valence-electron chi connectivity index (χ0n) is 15.2. The van der Waals surface area contributed by atoms with Crippen LogP contribution in [0.2, 0.25) is 0 Å². The lowest BCUT2D eigenvalue weighted by molar-refractivity contribution is -0.124. The molecule has 3 rings (SSSR count). The second-order valence-electron chi connectivity index (χ2n) is 6.67. The van der Waals surface area contributed by atoms with Gasteiger partial charge in [-0.25, -0.2) is 4.68 Å². The number of benzene rings is 1. The largest absolute Gasteiger partial charge is 0.324 e. The molecular formula is C19H24N4O2. The Morgan fingerprint density at radius 2 is 1.88 bits per heavy atom. The van der Waals surface area contributed by atoms with Crippen molar-refractivity contribution in [2.24, 2.45) is 0 Å². The first kappa shape index (κ1) is 17.2. The fraction of sp³-hybridized carbons (Fsp3) is 0.421. The third-order valence-corrected chi connectivity index (χ3v) is 4.42. The molecule has 1 N–H and O–H groups in total. The maximum atomic E-state index is 12.9. The molecular weight excluding hydrogens is 316 g/mol. The van der Waals surface area contributed by atoms with Crippen molar-refractivity contribution in [2.45, 2.75) is 53.1 Å². The predicted molar refractivity (Wildman–Crippen MR) is 97.7 cm³/mol. The van der Waals surface area contributed by atoms with Gasteiger partial charge in [-0.2, -0.15) is 5.10 Å². The summed E-state index contributed by atoms with van der Waals surface area (Å²) in [6.07, 6.45) is 0.897. The van der Waals surface area contributed by atoms with E-state index in [4.69, 9.17) is 0 Å². The fourth-order valence-corrected chi connectivity index (χ4v) is 3.43. The number of rotatable bonds is 4. The van der Waals surface area contributed by atoms with Gasteiger partial charge in [-0.1, -0.05) is 13.0 Å². The van der Waals surface area contributed by atoms with Crippen LogP contribution in [0.4, 0.5) is 11.5 Å². The average molecular weight is 340 g/mol. The van der Waals surface area contributed by atoms with Gasteiger partial charge < -0.3 is 5.32 Å². The van der Waals surface area contributed by atoms with Crippen LogP contribution in [0.5, 0.6) is 0 Å². The molecule has 2 amide bonds. The van der Waals surface area contributed by atoms with Gasteiger partial charge in [0, 0.05) is 18.2 Å². The SMILES string of the molecule is CCC(C(=O)Nc1cc(C)cc(C)c1)N1C(=O)CCn2nc(C)cc21. The minimum absolute atomic E-state index is 0.0326. The summed E-state index contributed by atoms with van der Waals surface area (Å²) in [5, 5.41) is 7.38. The predicted octanol–water partition coefficient (Wildman–Crippen LogP) is 2.96. The zero-order chi connectivity index (χ0) is 18.1. The minimum atomic E-state index is -0.552. The molecule has 1 atom stereocenters. The first-order valence-electron chi connectivity index (χ1n) is 8.64. The molecule has 1 aliphatic heterocycles. The lowest BCUT2D eigenvalue weighted by atomic mass is 10.1. The highest BCUT2D eigenvalue weighted by Gasteiger charge is 2.34. The van der Waals surface area contributed by atoms with Gasteiger partial charge in [0.1, 0.15) is 11.9 Å². The highest BCUT2D eigenvalue weighted by Crippen LogP contribution is 2.26. The van der Waals surface area contributed by atoms with Crippen LogP contribution in [0.25, 0.3) is 0 Å². The van der Waals surface area contributed by atoms with Gasteiger partial charge in [0.25, 0.3) is 0 Å². The van der Waals surface area contributed by atoms with Crippen LogP contribution < -0.4 is 10.2 Å². The van der Waals surface area contributed by atoms with Crippen LogP contribution in [0.15, 0.2) is 24.3 Å². The molecule has 0 radical (unpaired) electrons. The van der Waals surface area contributed by atoms with E-state index in [1.165, 1.54) is 0 Å². The second kappa shape index (κ2) is 6.70. The van der Waals surface area contributed by atoms with Crippen LogP contribution in [0.3, 0.4) is 0 Å². The molecule has 0 bridgehead atoms. The number of fused-ring (bicyclic) bond motifs is 1. The number of anilines is 2. The van der Waals surface area contributed by atoms with E-state index in [1.54, 1.807) is 4.90 Å². The molecule has 1 unspecified atom stereocenters. The van der Waals surface area contributed by atoms with Crippen LogP contribution in [0, 0.1) is 20.8 Å². The highest BCUT2D eigenvalue weighted by atomic mass is 16.2. The summed E-state index contributed by atoms with van der Waals surface area (Å²) >= 11 is 0. The van der Waals surface area contributed by atoms with Crippen molar-refractivity contribution in [3.05, 3.63) is 41.1 Å². The Kier molecular flexibility index (Phi) is 4.61. The molecule has 0 saturated carbocycles. The number of hydrogen-bond acceptors (Lipinski definition) is 3. The van der Waals surface area contributed by atoms with E-state index in [2.05, 4.69) is 16.5 Å². The summed E-state index contributed by atoms with van der Waals surface area (Å²) < 4.78 is 1.81. The van der Waals surface area contributed by atoms with Crippen molar-refractivity contribution in [3.63, 3.8) is 0 Å². The van der Waals surface area contributed by atoms with Crippen molar-refractivity contribution in [2.75, 3.05) is 10.2 Å². The van der Waals surface area contributed by atoms with E-state index in [-0.39, 0.29) is 11.8 Å². The van der Waals surface area contributed by atoms with Crippen LogP contribution in [-0.4, -0.2) is 27.6 Å². The summed E-state index contributed by atoms with van der Waals surface area (Å²) in [6, 6.07) is 7.24. The van der Waals surface area contributed by atoms with Crippen molar-refractivity contribution in [1.82, 2.24) is 9.78 Å². The van der Waals surface area contributed by atoms with Gasteiger partial charge in [0.2, 0.25) is 11.8 Å². The molecule has 2 heterocycles. The normalized spacial score (nSPS) is 15.0. The van der Waals surface area contributed by atoms with E-state index in [1.807, 2.05) is 50.6 Å². The molecule has 1 aromatic heterocycles. The lowest BCUT2D eigenvalue weighted by Gasteiger charge is -2.33. The Morgan fingerprint density at radius 3 is 2.52 bits per heavy atom. The Balaban J connectivity index is 1.88. The first-order valence-corrected chi connectivity index (χ1v) is 8.64. The standard InChI is InChI=1S/C19H24N4O2/c1-5-16(19(25)20-15-9-12(2)8-13(3)10-15)23-17-11-14(4)21-22(17)7-6-18(23)24/h8-11,16H,5-7H2,1-4H3,(H,20,25). The van der Waals surface area contributed by atoms with Gasteiger partial charge in [0.05, 0.1) is 12.2 Å². The smallest absolute Gasteiger partial charge is 0.247 e. The molecule has 132 valence electrons.